The van der Waals surface area contributed by atoms with E-state index in [-0.39, 0.29) is 5.91 Å². The van der Waals surface area contributed by atoms with Crippen LogP contribution >= 0.6 is 0 Å². The van der Waals surface area contributed by atoms with Crippen molar-refractivity contribution in [2.24, 2.45) is 0 Å². The molecule has 0 aromatic heterocycles. The summed E-state index contributed by atoms with van der Waals surface area (Å²) in [7, 11) is 0. The summed E-state index contributed by atoms with van der Waals surface area (Å²) < 4.78 is 5.76. The molecule has 1 amide bonds. The van der Waals surface area contributed by atoms with Crippen molar-refractivity contribution >= 4 is 5.91 Å². The zero-order valence-electron chi connectivity index (χ0n) is 13.8. The molecule has 4 nitrogen and oxygen atoms in total. The number of hydrogen-bond acceptors (Lipinski definition) is 3. The Morgan fingerprint density at radius 2 is 1.76 bits per heavy atom. The third-order valence-electron chi connectivity index (χ3n) is 4.07. The van der Waals surface area contributed by atoms with Crippen molar-refractivity contribution in [1.82, 2.24) is 10.6 Å². The molecule has 1 aliphatic rings. The van der Waals surface area contributed by atoms with Crippen LogP contribution in [0.1, 0.15) is 71.1 Å². The van der Waals surface area contributed by atoms with Crippen LogP contribution in [-0.2, 0) is 9.53 Å². The molecular weight excluding hydrogens is 264 g/mol. The molecule has 1 aliphatic heterocycles. The van der Waals surface area contributed by atoms with Crippen molar-refractivity contribution in [2.45, 2.75) is 77.2 Å². The number of rotatable bonds is 12. The molecule has 0 saturated carbocycles. The van der Waals surface area contributed by atoms with Gasteiger partial charge in [-0.15, -0.1) is 0 Å². The van der Waals surface area contributed by atoms with E-state index in [9.17, 15) is 4.79 Å². The van der Waals surface area contributed by atoms with Gasteiger partial charge in [0.25, 0.3) is 0 Å². The van der Waals surface area contributed by atoms with Crippen molar-refractivity contribution < 1.29 is 9.53 Å². The van der Waals surface area contributed by atoms with E-state index >= 15 is 0 Å². The fraction of sp³-hybridized carbons (Fsp3) is 0.941. The number of nitrogens with one attached hydrogen (secondary N) is 2. The van der Waals surface area contributed by atoms with E-state index in [1.54, 1.807) is 0 Å². The maximum atomic E-state index is 11.7. The Balaban J connectivity index is 1.82. The van der Waals surface area contributed by atoms with Gasteiger partial charge in [-0.05, 0) is 32.4 Å². The fourth-order valence-electron chi connectivity index (χ4n) is 2.71. The summed E-state index contributed by atoms with van der Waals surface area (Å²) in [6.07, 6.45) is 12.0. The standard InChI is InChI=1S/C17H34N2O2/c1-2-3-4-5-6-7-8-9-17(20)19-14-15-21-16-10-12-18-13-11-16/h16,18H,2-15H2,1H3,(H,19,20). The van der Waals surface area contributed by atoms with Gasteiger partial charge in [-0.2, -0.15) is 0 Å². The van der Waals surface area contributed by atoms with Crippen LogP contribution in [0.5, 0.6) is 0 Å². The van der Waals surface area contributed by atoms with Gasteiger partial charge in [0.05, 0.1) is 12.7 Å². The first-order chi connectivity index (χ1) is 10.3. The summed E-state index contributed by atoms with van der Waals surface area (Å²) in [4.78, 5) is 11.7. The lowest BCUT2D eigenvalue weighted by molar-refractivity contribution is -0.121. The second kappa shape index (κ2) is 13.1. The van der Waals surface area contributed by atoms with Gasteiger partial charge in [0, 0.05) is 13.0 Å². The Labute approximate surface area is 130 Å². The van der Waals surface area contributed by atoms with Crippen molar-refractivity contribution in [3.63, 3.8) is 0 Å². The van der Waals surface area contributed by atoms with Crippen LogP contribution in [0, 0.1) is 0 Å². The van der Waals surface area contributed by atoms with Crippen LogP contribution in [0.2, 0.25) is 0 Å². The van der Waals surface area contributed by atoms with Gasteiger partial charge in [0.2, 0.25) is 5.91 Å². The molecule has 0 spiro atoms. The number of amides is 1. The Morgan fingerprint density at radius 1 is 1.10 bits per heavy atom. The summed E-state index contributed by atoms with van der Waals surface area (Å²) in [5, 5.41) is 6.27. The van der Waals surface area contributed by atoms with E-state index in [0.717, 1.165) is 32.4 Å². The Hall–Kier alpha value is -0.610. The molecule has 0 atom stereocenters. The second-order valence-electron chi connectivity index (χ2n) is 6.04. The van der Waals surface area contributed by atoms with Crippen LogP contribution in [0.15, 0.2) is 0 Å². The first-order valence-corrected chi connectivity index (χ1v) is 8.92. The minimum absolute atomic E-state index is 0.178. The molecule has 1 heterocycles. The van der Waals surface area contributed by atoms with Crippen LogP contribution in [0.3, 0.4) is 0 Å². The molecule has 1 saturated heterocycles. The van der Waals surface area contributed by atoms with E-state index in [2.05, 4.69) is 17.6 Å². The maximum absolute atomic E-state index is 11.7. The summed E-state index contributed by atoms with van der Waals surface area (Å²) in [6.45, 7) is 5.64. The normalized spacial score (nSPS) is 16.0. The molecule has 0 aliphatic carbocycles. The lowest BCUT2D eigenvalue weighted by Gasteiger charge is -2.22. The number of piperidine rings is 1. The van der Waals surface area contributed by atoms with E-state index in [4.69, 9.17) is 4.74 Å². The highest BCUT2D eigenvalue weighted by Crippen LogP contribution is 2.08. The Bertz CT molecular complexity index is 253. The highest BCUT2D eigenvalue weighted by atomic mass is 16.5. The smallest absolute Gasteiger partial charge is 0.220 e. The zero-order chi connectivity index (χ0) is 15.2. The van der Waals surface area contributed by atoms with Gasteiger partial charge < -0.3 is 15.4 Å². The molecule has 0 radical (unpaired) electrons. The van der Waals surface area contributed by atoms with E-state index in [1.165, 1.54) is 38.5 Å². The number of carbonyl (C=O) groups is 1. The van der Waals surface area contributed by atoms with Gasteiger partial charge in [-0.25, -0.2) is 0 Å². The third kappa shape index (κ3) is 10.7. The Morgan fingerprint density at radius 3 is 2.48 bits per heavy atom. The lowest BCUT2D eigenvalue weighted by Crippen LogP contribution is -2.34. The second-order valence-corrected chi connectivity index (χ2v) is 6.04. The predicted molar refractivity (Wildman–Crippen MR) is 87.5 cm³/mol. The Kier molecular flexibility index (Phi) is 11.5. The molecule has 0 bridgehead atoms. The van der Waals surface area contributed by atoms with Gasteiger partial charge in [0.1, 0.15) is 0 Å². The molecule has 0 unspecified atom stereocenters. The molecule has 4 heteroatoms. The number of carbonyl (C=O) groups excluding carboxylic acids is 1. The van der Waals surface area contributed by atoms with Crippen LogP contribution < -0.4 is 10.6 Å². The van der Waals surface area contributed by atoms with E-state index < -0.39 is 0 Å². The summed E-state index contributed by atoms with van der Waals surface area (Å²) in [5.41, 5.74) is 0. The molecule has 0 aromatic rings. The summed E-state index contributed by atoms with van der Waals surface area (Å²) in [5.74, 6) is 0.178. The van der Waals surface area contributed by atoms with E-state index in [0.29, 0.717) is 25.7 Å². The lowest BCUT2D eigenvalue weighted by atomic mass is 10.1. The highest BCUT2D eigenvalue weighted by Gasteiger charge is 2.12. The summed E-state index contributed by atoms with van der Waals surface area (Å²) >= 11 is 0. The molecule has 1 rings (SSSR count). The molecule has 124 valence electrons. The summed E-state index contributed by atoms with van der Waals surface area (Å²) in [6, 6.07) is 0. The van der Waals surface area contributed by atoms with E-state index in [1.807, 2.05) is 0 Å². The minimum atomic E-state index is 0.178. The van der Waals surface area contributed by atoms with Crippen LogP contribution in [-0.4, -0.2) is 38.3 Å². The predicted octanol–water partition coefficient (Wildman–Crippen LogP) is 3.01. The fourth-order valence-corrected chi connectivity index (χ4v) is 2.71. The van der Waals surface area contributed by atoms with Crippen LogP contribution in [0.25, 0.3) is 0 Å². The topological polar surface area (TPSA) is 50.4 Å². The molecule has 21 heavy (non-hydrogen) atoms. The minimum Gasteiger partial charge on any atom is -0.376 e. The SMILES string of the molecule is CCCCCCCCCC(=O)NCCOC1CCNCC1. The molecular formula is C17H34N2O2. The van der Waals surface area contributed by atoms with Crippen LogP contribution in [0.4, 0.5) is 0 Å². The first kappa shape index (κ1) is 18.4. The van der Waals surface area contributed by atoms with Crippen molar-refractivity contribution in [3.8, 4) is 0 Å². The average Bonchev–Trinajstić information content (AvgIpc) is 2.52. The van der Waals surface area contributed by atoms with Gasteiger partial charge >= 0.3 is 0 Å². The third-order valence-corrected chi connectivity index (χ3v) is 4.07. The maximum Gasteiger partial charge on any atom is 0.220 e. The first-order valence-electron chi connectivity index (χ1n) is 8.92. The van der Waals surface area contributed by atoms with Gasteiger partial charge in [-0.1, -0.05) is 45.4 Å². The van der Waals surface area contributed by atoms with Crippen molar-refractivity contribution in [1.29, 1.82) is 0 Å². The molecule has 2 N–H and O–H groups in total. The van der Waals surface area contributed by atoms with Crippen molar-refractivity contribution in [3.05, 3.63) is 0 Å². The monoisotopic (exact) mass is 298 g/mol. The number of unbranched alkanes of at least 4 members (excludes halogenated alkanes) is 6. The largest absolute Gasteiger partial charge is 0.376 e. The highest BCUT2D eigenvalue weighted by molar-refractivity contribution is 5.75. The van der Waals surface area contributed by atoms with Gasteiger partial charge in [-0.3, -0.25) is 4.79 Å². The molecule has 0 aromatic carbocycles. The number of hydrogen-bond donors (Lipinski definition) is 2. The zero-order valence-corrected chi connectivity index (χ0v) is 13.8. The molecule has 1 fully saturated rings. The van der Waals surface area contributed by atoms with Gasteiger partial charge in [0.15, 0.2) is 0 Å². The average molecular weight is 298 g/mol. The quantitative estimate of drug-likeness (QED) is 0.545. The number of ether oxygens (including phenoxy) is 1. The van der Waals surface area contributed by atoms with Crippen molar-refractivity contribution in [2.75, 3.05) is 26.2 Å².